The molecule has 2 heterocycles. The molecule has 0 bridgehead atoms. The van der Waals surface area contributed by atoms with Crippen molar-refractivity contribution in [2.45, 2.75) is 31.8 Å². The van der Waals surface area contributed by atoms with Crippen LogP contribution in [0.4, 0.5) is 14.5 Å². The quantitative estimate of drug-likeness (QED) is 0.334. The highest BCUT2D eigenvalue weighted by Crippen LogP contribution is 2.29. The lowest BCUT2D eigenvalue weighted by Crippen LogP contribution is -2.44. The van der Waals surface area contributed by atoms with Crippen molar-refractivity contribution in [2.24, 2.45) is 5.92 Å². The number of likely N-dealkylation sites (tertiary alicyclic amines) is 1. The van der Waals surface area contributed by atoms with Gasteiger partial charge in [0, 0.05) is 12.2 Å². The minimum absolute atomic E-state index is 0.0100. The average Bonchev–Trinajstić information content (AvgIpc) is 3.61. The van der Waals surface area contributed by atoms with Crippen molar-refractivity contribution in [1.29, 1.82) is 0 Å². The van der Waals surface area contributed by atoms with Gasteiger partial charge in [0.2, 0.25) is 11.8 Å². The van der Waals surface area contributed by atoms with E-state index < -0.39 is 6.04 Å². The molecule has 1 aliphatic heterocycles. The largest absolute Gasteiger partial charge is 0.457 e. The SMILES string of the molecule is O=C(Nc1ccc(Oc2ccc(F)cc2)cc1)C1CC(CCc2ccc(F)cc2)CN1C(=O)Cn1cncn1. The Hall–Kier alpha value is -4.60. The van der Waals surface area contributed by atoms with Crippen LogP contribution in [-0.2, 0) is 22.6 Å². The van der Waals surface area contributed by atoms with Gasteiger partial charge in [0.15, 0.2) is 0 Å². The van der Waals surface area contributed by atoms with Gasteiger partial charge in [-0.1, -0.05) is 12.1 Å². The summed E-state index contributed by atoms with van der Waals surface area (Å²) in [6.07, 6.45) is 4.82. The number of carbonyl (C=O) groups excluding carboxylic acids is 2. The molecule has 39 heavy (non-hydrogen) atoms. The maximum absolute atomic E-state index is 13.3. The Bertz CT molecular complexity index is 1390. The van der Waals surface area contributed by atoms with Crippen LogP contribution in [0.25, 0.3) is 0 Å². The first-order chi connectivity index (χ1) is 18.9. The average molecular weight is 532 g/mol. The third-order valence-corrected chi connectivity index (χ3v) is 6.70. The Morgan fingerprint density at radius 1 is 0.923 bits per heavy atom. The fraction of sp³-hybridized carbons (Fsp3) is 0.241. The first-order valence-corrected chi connectivity index (χ1v) is 12.6. The lowest BCUT2D eigenvalue weighted by atomic mass is 9.96. The first kappa shape index (κ1) is 26.0. The van der Waals surface area contributed by atoms with Crippen LogP contribution >= 0.6 is 0 Å². The molecule has 1 fully saturated rings. The molecular formula is C29H27F2N5O3. The van der Waals surface area contributed by atoms with E-state index >= 15 is 0 Å². The molecule has 200 valence electrons. The number of aromatic nitrogens is 3. The van der Waals surface area contributed by atoms with Crippen molar-refractivity contribution in [2.75, 3.05) is 11.9 Å². The third-order valence-electron chi connectivity index (χ3n) is 6.70. The molecule has 0 saturated carbocycles. The van der Waals surface area contributed by atoms with E-state index in [1.54, 1.807) is 41.3 Å². The van der Waals surface area contributed by atoms with Crippen LogP contribution in [0.15, 0.2) is 85.5 Å². The molecule has 0 radical (unpaired) electrons. The van der Waals surface area contributed by atoms with Gasteiger partial charge < -0.3 is 15.0 Å². The van der Waals surface area contributed by atoms with E-state index in [1.807, 2.05) is 0 Å². The second-order valence-corrected chi connectivity index (χ2v) is 9.49. The number of hydrogen-bond donors (Lipinski definition) is 1. The Morgan fingerprint density at radius 3 is 2.21 bits per heavy atom. The maximum atomic E-state index is 13.3. The number of nitrogens with one attached hydrogen (secondary N) is 1. The third kappa shape index (κ3) is 6.84. The summed E-state index contributed by atoms with van der Waals surface area (Å²) in [6.45, 7) is 0.432. The van der Waals surface area contributed by atoms with E-state index in [1.165, 1.54) is 53.7 Å². The Morgan fingerprint density at radius 2 is 1.56 bits per heavy atom. The molecule has 0 spiro atoms. The van der Waals surface area contributed by atoms with Gasteiger partial charge in [0.1, 0.15) is 48.4 Å². The van der Waals surface area contributed by atoms with E-state index in [9.17, 15) is 18.4 Å². The van der Waals surface area contributed by atoms with Crippen molar-refractivity contribution in [3.8, 4) is 11.5 Å². The molecule has 3 aromatic carbocycles. The van der Waals surface area contributed by atoms with Crippen LogP contribution in [0.3, 0.4) is 0 Å². The van der Waals surface area contributed by atoms with Gasteiger partial charge >= 0.3 is 0 Å². The monoisotopic (exact) mass is 531 g/mol. The first-order valence-electron chi connectivity index (χ1n) is 12.6. The summed E-state index contributed by atoms with van der Waals surface area (Å²) in [5.74, 6) is 0.0110. The summed E-state index contributed by atoms with van der Waals surface area (Å²) < 4.78 is 33.5. The van der Waals surface area contributed by atoms with Gasteiger partial charge in [0.05, 0.1) is 0 Å². The highest BCUT2D eigenvalue weighted by Gasteiger charge is 2.39. The summed E-state index contributed by atoms with van der Waals surface area (Å²) in [6, 6.07) is 18.2. The van der Waals surface area contributed by atoms with Crippen molar-refractivity contribution < 1.29 is 23.1 Å². The number of hydrogen-bond acceptors (Lipinski definition) is 5. The predicted octanol–water partition coefficient (Wildman–Crippen LogP) is 4.84. The minimum Gasteiger partial charge on any atom is -0.457 e. The van der Waals surface area contributed by atoms with Crippen molar-refractivity contribution in [1.82, 2.24) is 19.7 Å². The molecule has 1 aliphatic rings. The smallest absolute Gasteiger partial charge is 0.247 e. The number of nitrogens with zero attached hydrogens (tertiary/aromatic N) is 4. The molecule has 10 heteroatoms. The molecule has 5 rings (SSSR count). The summed E-state index contributed by atoms with van der Waals surface area (Å²) in [4.78, 5) is 32.0. The van der Waals surface area contributed by atoms with Gasteiger partial charge in [0.25, 0.3) is 0 Å². The van der Waals surface area contributed by atoms with E-state index in [-0.39, 0.29) is 35.9 Å². The lowest BCUT2D eigenvalue weighted by Gasteiger charge is -2.24. The van der Waals surface area contributed by atoms with Crippen molar-refractivity contribution in [3.63, 3.8) is 0 Å². The van der Waals surface area contributed by atoms with Gasteiger partial charge in [-0.05, 0) is 91.4 Å². The predicted molar refractivity (Wildman–Crippen MR) is 140 cm³/mol. The number of ether oxygens (including phenoxy) is 1. The number of aryl methyl sites for hydroxylation is 1. The molecular weight excluding hydrogens is 504 g/mol. The Balaban J connectivity index is 1.24. The Kier molecular flexibility index (Phi) is 7.91. The second-order valence-electron chi connectivity index (χ2n) is 9.49. The topological polar surface area (TPSA) is 89.4 Å². The fourth-order valence-corrected chi connectivity index (χ4v) is 4.69. The maximum Gasteiger partial charge on any atom is 0.247 e. The van der Waals surface area contributed by atoms with Gasteiger partial charge in [-0.3, -0.25) is 9.59 Å². The zero-order valence-electron chi connectivity index (χ0n) is 21.0. The fourth-order valence-electron chi connectivity index (χ4n) is 4.69. The summed E-state index contributed by atoms with van der Waals surface area (Å²) >= 11 is 0. The molecule has 1 N–H and O–H groups in total. The van der Waals surface area contributed by atoms with E-state index in [0.717, 1.165) is 18.4 Å². The molecule has 0 aliphatic carbocycles. The minimum atomic E-state index is -0.644. The zero-order valence-corrected chi connectivity index (χ0v) is 21.0. The normalized spacial score (nSPS) is 16.7. The van der Waals surface area contributed by atoms with E-state index in [2.05, 4.69) is 15.4 Å². The molecule has 2 unspecified atom stereocenters. The Labute approximate surface area is 224 Å². The van der Waals surface area contributed by atoms with Gasteiger partial charge in [-0.15, -0.1) is 0 Å². The summed E-state index contributed by atoms with van der Waals surface area (Å²) in [7, 11) is 0. The highest BCUT2D eigenvalue weighted by atomic mass is 19.1. The zero-order chi connectivity index (χ0) is 27.2. The number of halogens is 2. The van der Waals surface area contributed by atoms with Crippen LogP contribution in [0.5, 0.6) is 11.5 Å². The van der Waals surface area contributed by atoms with Crippen molar-refractivity contribution >= 4 is 17.5 Å². The van der Waals surface area contributed by atoms with Gasteiger partial charge in [-0.2, -0.15) is 5.10 Å². The number of benzene rings is 3. The standard InChI is InChI=1S/C29H27F2N5O3/c30-22-5-3-20(4-6-22)1-2-21-15-27(36(16-21)28(37)17-35-19-32-18-33-35)29(38)34-24-9-13-26(14-10-24)39-25-11-7-23(31)8-12-25/h3-14,18-19,21,27H,1-2,15-17H2,(H,34,38). The summed E-state index contributed by atoms with van der Waals surface area (Å²) in [5.41, 5.74) is 1.57. The highest BCUT2D eigenvalue weighted by molar-refractivity contribution is 5.97. The number of amides is 2. The second kappa shape index (κ2) is 11.8. The van der Waals surface area contributed by atoms with Crippen LogP contribution in [0.2, 0.25) is 0 Å². The summed E-state index contributed by atoms with van der Waals surface area (Å²) in [5, 5.41) is 6.92. The van der Waals surface area contributed by atoms with E-state index in [0.29, 0.717) is 30.2 Å². The van der Waals surface area contributed by atoms with Crippen LogP contribution in [-0.4, -0.2) is 44.1 Å². The molecule has 1 aromatic heterocycles. The van der Waals surface area contributed by atoms with Crippen molar-refractivity contribution in [3.05, 3.63) is 103 Å². The number of anilines is 1. The molecule has 2 atom stereocenters. The molecule has 4 aromatic rings. The number of carbonyl (C=O) groups is 2. The van der Waals surface area contributed by atoms with E-state index in [4.69, 9.17) is 4.74 Å². The van der Waals surface area contributed by atoms with Crippen LogP contribution in [0, 0.1) is 17.6 Å². The number of rotatable bonds is 9. The van der Waals surface area contributed by atoms with Crippen LogP contribution < -0.4 is 10.1 Å². The molecule has 1 saturated heterocycles. The van der Waals surface area contributed by atoms with Gasteiger partial charge in [-0.25, -0.2) is 18.4 Å². The molecule has 2 amide bonds. The molecule has 8 nitrogen and oxygen atoms in total. The lowest BCUT2D eigenvalue weighted by molar-refractivity contribution is -0.137. The van der Waals surface area contributed by atoms with Crippen LogP contribution in [0.1, 0.15) is 18.4 Å².